The number of carbonyl (C=O) groups excluding carboxylic acids is 1. The molecule has 6 nitrogen and oxygen atoms in total. The van der Waals surface area contributed by atoms with Crippen LogP contribution in [0, 0.1) is 12.8 Å². The number of ether oxygens (including phenoxy) is 1. The summed E-state index contributed by atoms with van der Waals surface area (Å²) in [5.41, 5.74) is 2.20. The van der Waals surface area contributed by atoms with E-state index < -0.39 is 0 Å². The largest absolute Gasteiger partial charge is 0.494 e. The topological polar surface area (TPSA) is 76.4 Å². The van der Waals surface area contributed by atoms with E-state index in [0.29, 0.717) is 17.9 Å². The molecule has 0 spiro atoms. The van der Waals surface area contributed by atoms with Gasteiger partial charge in [0.15, 0.2) is 5.69 Å². The van der Waals surface area contributed by atoms with Crippen molar-refractivity contribution in [1.82, 2.24) is 15.1 Å². The lowest BCUT2D eigenvalue weighted by Gasteiger charge is -2.20. The Morgan fingerprint density at radius 2 is 2.12 bits per heavy atom. The van der Waals surface area contributed by atoms with Gasteiger partial charge in [0.1, 0.15) is 11.4 Å². The SMILES string of the molecule is COc1ccc(C)cc1-n1ccc(C(=O)NC(CCO)C(C)C)n1. The summed E-state index contributed by atoms with van der Waals surface area (Å²) in [4.78, 5) is 12.4. The highest BCUT2D eigenvalue weighted by molar-refractivity contribution is 5.92. The number of carbonyl (C=O) groups is 1. The van der Waals surface area contributed by atoms with Crippen LogP contribution in [0.15, 0.2) is 30.5 Å². The second-order valence-corrected chi connectivity index (χ2v) is 6.16. The van der Waals surface area contributed by atoms with Gasteiger partial charge in [-0.25, -0.2) is 4.68 Å². The number of rotatable bonds is 7. The van der Waals surface area contributed by atoms with Crippen molar-refractivity contribution in [2.45, 2.75) is 33.2 Å². The molecule has 0 saturated carbocycles. The lowest BCUT2D eigenvalue weighted by molar-refractivity contribution is 0.0911. The number of hydrogen-bond donors (Lipinski definition) is 2. The van der Waals surface area contributed by atoms with Crippen molar-refractivity contribution in [3.63, 3.8) is 0 Å². The highest BCUT2D eigenvalue weighted by atomic mass is 16.5. The Morgan fingerprint density at radius 3 is 2.75 bits per heavy atom. The molecule has 0 bridgehead atoms. The molecule has 0 saturated heterocycles. The van der Waals surface area contributed by atoms with Gasteiger partial charge in [-0.05, 0) is 43.0 Å². The monoisotopic (exact) mass is 331 g/mol. The van der Waals surface area contributed by atoms with Crippen molar-refractivity contribution in [1.29, 1.82) is 0 Å². The second kappa shape index (κ2) is 7.97. The van der Waals surface area contributed by atoms with Crippen LogP contribution < -0.4 is 10.1 Å². The van der Waals surface area contributed by atoms with Crippen molar-refractivity contribution in [2.24, 2.45) is 5.92 Å². The molecule has 1 unspecified atom stereocenters. The average Bonchev–Trinajstić information content (AvgIpc) is 3.04. The maximum absolute atomic E-state index is 12.4. The number of hydrogen-bond acceptors (Lipinski definition) is 4. The normalized spacial score (nSPS) is 12.2. The first-order chi connectivity index (χ1) is 11.5. The second-order valence-electron chi connectivity index (χ2n) is 6.16. The molecule has 1 aromatic carbocycles. The number of aliphatic hydroxyl groups is 1. The van der Waals surface area contributed by atoms with Crippen molar-refractivity contribution >= 4 is 5.91 Å². The fourth-order valence-corrected chi connectivity index (χ4v) is 2.51. The van der Waals surface area contributed by atoms with Crippen LogP contribution >= 0.6 is 0 Å². The number of benzene rings is 1. The van der Waals surface area contributed by atoms with E-state index in [9.17, 15) is 4.79 Å². The predicted molar refractivity (Wildman–Crippen MR) is 92.6 cm³/mol. The van der Waals surface area contributed by atoms with Gasteiger partial charge >= 0.3 is 0 Å². The molecular weight excluding hydrogens is 306 g/mol. The maximum Gasteiger partial charge on any atom is 0.272 e. The zero-order valence-corrected chi connectivity index (χ0v) is 14.6. The predicted octanol–water partition coefficient (Wildman–Crippen LogP) is 2.33. The van der Waals surface area contributed by atoms with Crippen LogP contribution in [0.25, 0.3) is 5.69 Å². The van der Waals surface area contributed by atoms with Crippen LogP contribution in [0.1, 0.15) is 36.3 Å². The average molecular weight is 331 g/mol. The quantitative estimate of drug-likeness (QED) is 0.816. The molecule has 1 amide bonds. The van der Waals surface area contributed by atoms with E-state index in [-0.39, 0.29) is 24.5 Å². The summed E-state index contributed by atoms with van der Waals surface area (Å²) in [6.07, 6.45) is 2.26. The van der Waals surface area contributed by atoms with Gasteiger partial charge < -0.3 is 15.2 Å². The Morgan fingerprint density at radius 1 is 1.38 bits per heavy atom. The summed E-state index contributed by atoms with van der Waals surface area (Å²) < 4.78 is 7.00. The highest BCUT2D eigenvalue weighted by Gasteiger charge is 2.19. The lowest BCUT2D eigenvalue weighted by Crippen LogP contribution is -2.39. The van der Waals surface area contributed by atoms with E-state index in [4.69, 9.17) is 9.84 Å². The standard InChI is InChI=1S/C18H25N3O3/c1-12(2)14(8-10-22)19-18(23)15-7-9-21(20-15)16-11-13(3)5-6-17(16)24-4/h5-7,9,11-12,14,22H,8,10H2,1-4H3,(H,19,23). The van der Waals surface area contributed by atoms with Crippen LogP contribution in [-0.2, 0) is 0 Å². The smallest absolute Gasteiger partial charge is 0.272 e. The van der Waals surface area contributed by atoms with Gasteiger partial charge in [-0.2, -0.15) is 5.10 Å². The third kappa shape index (κ3) is 4.14. The fraction of sp³-hybridized carbons (Fsp3) is 0.444. The van der Waals surface area contributed by atoms with E-state index in [1.165, 1.54) is 0 Å². The van der Waals surface area contributed by atoms with E-state index in [1.807, 2.05) is 39.0 Å². The molecule has 6 heteroatoms. The molecule has 24 heavy (non-hydrogen) atoms. The zero-order valence-electron chi connectivity index (χ0n) is 14.6. The van der Waals surface area contributed by atoms with Gasteiger partial charge in [-0.3, -0.25) is 4.79 Å². The first kappa shape index (κ1) is 18.0. The molecule has 0 aliphatic rings. The summed E-state index contributed by atoms with van der Waals surface area (Å²) in [6.45, 7) is 6.05. The molecule has 2 aromatic rings. The molecule has 130 valence electrons. The van der Waals surface area contributed by atoms with Crippen LogP contribution in [-0.4, -0.2) is 40.6 Å². The summed E-state index contributed by atoms with van der Waals surface area (Å²) >= 11 is 0. The van der Waals surface area contributed by atoms with Gasteiger partial charge in [-0.1, -0.05) is 19.9 Å². The number of aryl methyl sites for hydroxylation is 1. The number of aliphatic hydroxyl groups excluding tert-OH is 1. The van der Waals surface area contributed by atoms with Crippen molar-refractivity contribution in [3.8, 4) is 11.4 Å². The number of amides is 1. The minimum atomic E-state index is -0.243. The van der Waals surface area contributed by atoms with Crippen molar-refractivity contribution in [3.05, 3.63) is 41.7 Å². The van der Waals surface area contributed by atoms with E-state index in [2.05, 4.69) is 10.4 Å². The van der Waals surface area contributed by atoms with Crippen LogP contribution in [0.5, 0.6) is 5.75 Å². The lowest BCUT2D eigenvalue weighted by atomic mass is 10.0. The molecule has 0 fully saturated rings. The van der Waals surface area contributed by atoms with Gasteiger partial charge in [0, 0.05) is 18.8 Å². The molecule has 1 aromatic heterocycles. The van der Waals surface area contributed by atoms with Gasteiger partial charge in [0.05, 0.1) is 7.11 Å². The molecule has 1 heterocycles. The first-order valence-corrected chi connectivity index (χ1v) is 8.08. The Hall–Kier alpha value is -2.34. The van der Waals surface area contributed by atoms with Crippen LogP contribution in [0.3, 0.4) is 0 Å². The number of nitrogens with zero attached hydrogens (tertiary/aromatic N) is 2. The summed E-state index contributed by atoms with van der Waals surface area (Å²) in [6, 6.07) is 7.38. The highest BCUT2D eigenvalue weighted by Crippen LogP contribution is 2.23. The molecule has 1 atom stereocenters. The number of nitrogens with one attached hydrogen (secondary N) is 1. The molecule has 2 rings (SSSR count). The maximum atomic E-state index is 12.4. The summed E-state index contributed by atoms with van der Waals surface area (Å²) in [5, 5.41) is 16.4. The summed E-state index contributed by atoms with van der Waals surface area (Å²) in [7, 11) is 1.60. The Labute approximate surface area is 142 Å². The fourth-order valence-electron chi connectivity index (χ4n) is 2.51. The zero-order chi connectivity index (χ0) is 17.7. The molecule has 0 aliphatic carbocycles. The number of methoxy groups -OCH3 is 1. The Balaban J connectivity index is 2.21. The molecular formula is C18H25N3O3. The Bertz CT molecular complexity index is 695. The summed E-state index contributed by atoms with van der Waals surface area (Å²) in [5.74, 6) is 0.684. The molecule has 0 aliphatic heterocycles. The van der Waals surface area contributed by atoms with Gasteiger partial charge in [0.25, 0.3) is 5.91 Å². The van der Waals surface area contributed by atoms with Crippen molar-refractivity contribution < 1.29 is 14.6 Å². The minimum absolute atomic E-state index is 0.0397. The first-order valence-electron chi connectivity index (χ1n) is 8.08. The Kier molecular flexibility index (Phi) is 5.98. The third-order valence-electron chi connectivity index (χ3n) is 3.96. The minimum Gasteiger partial charge on any atom is -0.494 e. The number of aromatic nitrogens is 2. The van der Waals surface area contributed by atoms with E-state index in [1.54, 1.807) is 24.1 Å². The van der Waals surface area contributed by atoms with Gasteiger partial charge in [-0.15, -0.1) is 0 Å². The van der Waals surface area contributed by atoms with Crippen LogP contribution in [0.4, 0.5) is 0 Å². The molecule has 0 radical (unpaired) electrons. The molecule has 2 N–H and O–H groups in total. The van der Waals surface area contributed by atoms with E-state index >= 15 is 0 Å². The third-order valence-corrected chi connectivity index (χ3v) is 3.96. The van der Waals surface area contributed by atoms with E-state index in [0.717, 1.165) is 11.3 Å². The van der Waals surface area contributed by atoms with Gasteiger partial charge in [0.2, 0.25) is 0 Å². The van der Waals surface area contributed by atoms with Crippen LogP contribution in [0.2, 0.25) is 0 Å². The van der Waals surface area contributed by atoms with Crippen molar-refractivity contribution in [2.75, 3.05) is 13.7 Å².